The second kappa shape index (κ2) is 14.5. The number of benzene rings is 2. The van der Waals surface area contributed by atoms with Crippen LogP contribution in [0.25, 0.3) is 28.1 Å². The van der Waals surface area contributed by atoms with Crippen molar-refractivity contribution in [3.8, 4) is 17.1 Å². The Morgan fingerprint density at radius 3 is 2.63 bits per heavy atom. The number of hydrogen-bond donors (Lipinski definition) is 1. The third-order valence-electron chi connectivity index (χ3n) is 10.8. The Labute approximate surface area is 311 Å². The molecule has 6 aromatic rings. The summed E-state index contributed by atoms with van der Waals surface area (Å²) in [6.45, 7) is 5.97. The molecule has 14 heteroatoms. The summed E-state index contributed by atoms with van der Waals surface area (Å²) in [6, 6.07) is 22.4. The number of ether oxygens (including phenoxy) is 1. The lowest BCUT2D eigenvalue weighted by Gasteiger charge is -2.35. The predicted octanol–water partition coefficient (Wildman–Crippen LogP) is 5.19. The van der Waals surface area contributed by atoms with Crippen LogP contribution in [-0.4, -0.2) is 91.7 Å². The van der Waals surface area contributed by atoms with E-state index in [9.17, 15) is 14.0 Å². The van der Waals surface area contributed by atoms with Crippen molar-refractivity contribution in [2.75, 3.05) is 55.7 Å². The molecule has 7 heterocycles. The van der Waals surface area contributed by atoms with Crippen molar-refractivity contribution >= 4 is 40.1 Å². The Balaban J connectivity index is 0.793. The smallest absolute Gasteiger partial charge is 0.249 e. The number of imidazole rings is 2. The first kappa shape index (κ1) is 33.9. The van der Waals surface area contributed by atoms with E-state index >= 15 is 0 Å². The summed E-state index contributed by atoms with van der Waals surface area (Å²) in [6.07, 6.45) is 7.14. The normalized spacial score (nSPS) is 19.6. The number of nitrogens with zero attached hydrogens (tertiary/aromatic N) is 9. The molecule has 3 fully saturated rings. The van der Waals surface area contributed by atoms with Gasteiger partial charge in [-0.2, -0.15) is 0 Å². The molecule has 2 amide bonds. The van der Waals surface area contributed by atoms with E-state index in [1.54, 1.807) is 18.5 Å². The summed E-state index contributed by atoms with van der Waals surface area (Å²) in [7, 11) is 0. The first-order valence-corrected chi connectivity index (χ1v) is 18.7. The third-order valence-corrected chi connectivity index (χ3v) is 10.8. The SMILES string of the molecule is O=C1CCC(n2cnc3cc(OCCCN4CCN(c5cccc(-c6cnc7ccc(N8CCC[C@@H]8c8cccc(F)c8)nn67)n5)CC4)ccc32)C(=O)N1. The van der Waals surface area contributed by atoms with Crippen molar-refractivity contribution in [2.45, 2.75) is 44.2 Å². The van der Waals surface area contributed by atoms with Gasteiger partial charge in [0, 0.05) is 51.8 Å². The first-order chi connectivity index (χ1) is 26.5. The second-order valence-corrected chi connectivity index (χ2v) is 14.2. The zero-order chi connectivity index (χ0) is 36.6. The molecule has 276 valence electrons. The molecule has 54 heavy (non-hydrogen) atoms. The van der Waals surface area contributed by atoms with E-state index in [-0.39, 0.29) is 23.7 Å². The number of nitrogens with one attached hydrogen (secondary N) is 1. The number of anilines is 2. The molecule has 4 aromatic heterocycles. The summed E-state index contributed by atoms with van der Waals surface area (Å²) in [4.78, 5) is 45.2. The molecular formula is C40H41FN10O3. The van der Waals surface area contributed by atoms with Gasteiger partial charge in [0.1, 0.15) is 34.9 Å². The van der Waals surface area contributed by atoms with E-state index in [1.165, 1.54) is 6.07 Å². The average molecular weight is 729 g/mol. The van der Waals surface area contributed by atoms with Crippen molar-refractivity contribution in [1.82, 2.24) is 39.3 Å². The molecular weight excluding hydrogens is 688 g/mol. The number of hydrogen-bond acceptors (Lipinski definition) is 10. The van der Waals surface area contributed by atoms with Gasteiger partial charge in [-0.1, -0.05) is 18.2 Å². The quantitative estimate of drug-likeness (QED) is 0.149. The fourth-order valence-electron chi connectivity index (χ4n) is 8.01. The molecule has 9 rings (SSSR count). The lowest BCUT2D eigenvalue weighted by atomic mass is 10.0. The summed E-state index contributed by atoms with van der Waals surface area (Å²) >= 11 is 0. The van der Waals surface area contributed by atoms with Crippen LogP contribution in [0.3, 0.4) is 0 Å². The highest BCUT2D eigenvalue weighted by Gasteiger charge is 2.30. The van der Waals surface area contributed by atoms with E-state index in [1.807, 2.05) is 63.8 Å². The highest BCUT2D eigenvalue weighted by Crippen LogP contribution is 2.36. The van der Waals surface area contributed by atoms with E-state index in [0.717, 1.165) is 110 Å². The molecule has 1 N–H and O–H groups in total. The van der Waals surface area contributed by atoms with Gasteiger partial charge >= 0.3 is 0 Å². The van der Waals surface area contributed by atoms with E-state index in [2.05, 4.69) is 36.1 Å². The minimum absolute atomic E-state index is 0.0758. The standard InChI is InChI=1S/C40H41FN10O3/c41-28-6-1-5-27(23-28)32-8-3-17-49(32)38-14-13-36-42-25-35(51(36)46-38)30-7-2-9-37(44-30)48-20-18-47(19-21-48)16-4-22-54-29-10-11-33-31(24-29)43-26-50(33)34-12-15-39(52)45-40(34)53/h1-2,5-7,9-11,13-14,23-26,32,34H,3-4,8,12,15-22H2,(H,45,52,53)/t32-,34?/m1/s1. The van der Waals surface area contributed by atoms with E-state index in [0.29, 0.717) is 19.4 Å². The Hall–Kier alpha value is -5.89. The molecule has 0 bridgehead atoms. The molecule has 2 atom stereocenters. The highest BCUT2D eigenvalue weighted by atomic mass is 19.1. The Kier molecular flexibility index (Phi) is 9.11. The van der Waals surface area contributed by atoms with Gasteiger partial charge < -0.3 is 19.1 Å². The number of pyridine rings is 1. The van der Waals surface area contributed by atoms with Crippen molar-refractivity contribution in [2.24, 2.45) is 0 Å². The predicted molar refractivity (Wildman–Crippen MR) is 202 cm³/mol. The lowest BCUT2D eigenvalue weighted by molar-refractivity contribution is -0.135. The van der Waals surface area contributed by atoms with Crippen LogP contribution >= 0.6 is 0 Å². The number of fused-ring (bicyclic) bond motifs is 2. The van der Waals surface area contributed by atoms with Crippen LogP contribution in [0, 0.1) is 5.82 Å². The van der Waals surface area contributed by atoms with Gasteiger partial charge in [-0.25, -0.2) is 23.9 Å². The monoisotopic (exact) mass is 728 g/mol. The molecule has 0 saturated carbocycles. The molecule has 2 aromatic carbocycles. The summed E-state index contributed by atoms with van der Waals surface area (Å²) < 4.78 is 23.9. The largest absolute Gasteiger partial charge is 0.493 e. The zero-order valence-corrected chi connectivity index (χ0v) is 29.9. The minimum Gasteiger partial charge on any atom is -0.493 e. The summed E-state index contributed by atoms with van der Waals surface area (Å²) in [5, 5.41) is 7.44. The van der Waals surface area contributed by atoms with Crippen LogP contribution in [-0.2, 0) is 9.59 Å². The molecule has 1 unspecified atom stereocenters. The van der Waals surface area contributed by atoms with Gasteiger partial charge in [0.2, 0.25) is 11.8 Å². The third kappa shape index (κ3) is 6.73. The van der Waals surface area contributed by atoms with Gasteiger partial charge in [0.15, 0.2) is 5.65 Å². The van der Waals surface area contributed by atoms with Crippen molar-refractivity contribution < 1.29 is 18.7 Å². The Morgan fingerprint density at radius 1 is 0.870 bits per heavy atom. The van der Waals surface area contributed by atoms with Crippen molar-refractivity contribution in [1.29, 1.82) is 0 Å². The second-order valence-electron chi connectivity index (χ2n) is 14.2. The van der Waals surface area contributed by atoms with Crippen LogP contribution < -0.4 is 19.9 Å². The maximum Gasteiger partial charge on any atom is 0.249 e. The minimum atomic E-state index is -0.438. The Bertz CT molecular complexity index is 2330. The number of amides is 2. The van der Waals surface area contributed by atoms with Crippen molar-refractivity contribution in [3.63, 3.8) is 0 Å². The van der Waals surface area contributed by atoms with Crippen LogP contribution in [0.4, 0.5) is 16.0 Å². The average Bonchev–Trinajstić information content (AvgIpc) is 3.96. The molecule has 0 radical (unpaired) electrons. The highest BCUT2D eigenvalue weighted by molar-refractivity contribution is 6.00. The summed E-state index contributed by atoms with van der Waals surface area (Å²) in [5.74, 6) is 1.78. The molecule has 13 nitrogen and oxygen atoms in total. The fraction of sp³-hybridized carbons (Fsp3) is 0.350. The number of carbonyl (C=O) groups excluding carboxylic acids is 2. The van der Waals surface area contributed by atoms with Gasteiger partial charge in [0.05, 0.1) is 41.9 Å². The van der Waals surface area contributed by atoms with Crippen LogP contribution in [0.2, 0.25) is 0 Å². The molecule has 3 saturated heterocycles. The number of imide groups is 1. The topological polar surface area (TPSA) is 126 Å². The molecule has 3 aliphatic rings. The molecule has 0 aliphatic carbocycles. The summed E-state index contributed by atoms with van der Waals surface area (Å²) in [5.41, 5.74) is 4.96. The molecule has 3 aliphatic heterocycles. The number of piperazine rings is 1. The fourth-order valence-corrected chi connectivity index (χ4v) is 8.01. The maximum absolute atomic E-state index is 14.1. The first-order valence-electron chi connectivity index (χ1n) is 18.7. The van der Waals surface area contributed by atoms with Crippen LogP contribution in [0.15, 0.2) is 85.3 Å². The van der Waals surface area contributed by atoms with E-state index < -0.39 is 6.04 Å². The van der Waals surface area contributed by atoms with E-state index in [4.69, 9.17) is 14.8 Å². The number of halogens is 1. The van der Waals surface area contributed by atoms with Gasteiger partial charge in [0.25, 0.3) is 0 Å². The number of aromatic nitrogens is 6. The van der Waals surface area contributed by atoms with Gasteiger partial charge in [-0.3, -0.25) is 19.8 Å². The molecule has 0 spiro atoms. The van der Waals surface area contributed by atoms with Gasteiger partial charge in [-0.05, 0) is 79.8 Å². The maximum atomic E-state index is 14.1. The zero-order valence-electron chi connectivity index (χ0n) is 29.9. The number of rotatable bonds is 10. The van der Waals surface area contributed by atoms with Crippen LogP contribution in [0.5, 0.6) is 5.75 Å². The lowest BCUT2D eigenvalue weighted by Crippen LogP contribution is -2.47. The van der Waals surface area contributed by atoms with Crippen molar-refractivity contribution in [3.05, 3.63) is 96.7 Å². The Morgan fingerprint density at radius 2 is 1.76 bits per heavy atom. The van der Waals surface area contributed by atoms with Crippen LogP contribution in [0.1, 0.15) is 49.8 Å². The van der Waals surface area contributed by atoms with Gasteiger partial charge in [-0.15, -0.1) is 5.10 Å². The number of piperidine rings is 1. The number of carbonyl (C=O) groups is 2.